The van der Waals surface area contributed by atoms with Crippen LogP contribution in [0, 0.1) is 0 Å². The quantitative estimate of drug-likeness (QED) is 0.928. The second-order valence-electron chi connectivity index (χ2n) is 6.78. The Morgan fingerprint density at radius 1 is 1.50 bits per heavy atom. The van der Waals surface area contributed by atoms with Crippen molar-refractivity contribution in [3.8, 4) is 0 Å². The third-order valence-electron chi connectivity index (χ3n) is 3.75. The lowest BCUT2D eigenvalue weighted by Gasteiger charge is -2.34. The van der Waals surface area contributed by atoms with E-state index in [-0.39, 0.29) is 6.09 Å². The standard InChI is InChI=1S/C16H28N4O2/c1-5-20-14(8-9-18-20)11-17-13-7-6-10-19(12-13)15(21)22-16(2,3)4/h8-9,13,17H,5-7,10-12H2,1-4H3. The molecule has 0 radical (unpaired) electrons. The van der Waals surface area contributed by atoms with Crippen molar-refractivity contribution in [2.75, 3.05) is 13.1 Å². The number of aromatic nitrogens is 2. The van der Waals surface area contributed by atoms with Crippen LogP contribution in [0.25, 0.3) is 0 Å². The summed E-state index contributed by atoms with van der Waals surface area (Å²) in [6.07, 6.45) is 3.70. The Morgan fingerprint density at radius 3 is 2.95 bits per heavy atom. The highest BCUT2D eigenvalue weighted by atomic mass is 16.6. The average Bonchev–Trinajstić information content (AvgIpc) is 2.91. The van der Waals surface area contributed by atoms with E-state index in [2.05, 4.69) is 17.3 Å². The molecule has 1 unspecified atom stereocenters. The maximum Gasteiger partial charge on any atom is 0.410 e. The van der Waals surface area contributed by atoms with Crippen molar-refractivity contribution in [3.63, 3.8) is 0 Å². The van der Waals surface area contributed by atoms with Crippen LogP contribution >= 0.6 is 0 Å². The van der Waals surface area contributed by atoms with Crippen LogP contribution in [-0.2, 0) is 17.8 Å². The van der Waals surface area contributed by atoms with Gasteiger partial charge in [-0.25, -0.2) is 4.79 Å². The Bertz CT molecular complexity index is 493. The fraction of sp³-hybridized carbons (Fsp3) is 0.750. The number of rotatable bonds is 4. The third kappa shape index (κ3) is 4.73. The van der Waals surface area contributed by atoms with Crippen LogP contribution in [0.5, 0.6) is 0 Å². The molecule has 22 heavy (non-hydrogen) atoms. The molecule has 1 N–H and O–H groups in total. The summed E-state index contributed by atoms with van der Waals surface area (Å²) in [6.45, 7) is 10.9. The molecular weight excluding hydrogens is 280 g/mol. The summed E-state index contributed by atoms with van der Waals surface area (Å²) in [6, 6.07) is 2.34. The van der Waals surface area contributed by atoms with Crippen molar-refractivity contribution in [2.24, 2.45) is 0 Å². The van der Waals surface area contributed by atoms with Gasteiger partial charge >= 0.3 is 6.09 Å². The highest BCUT2D eigenvalue weighted by Crippen LogP contribution is 2.15. The minimum atomic E-state index is -0.439. The van der Waals surface area contributed by atoms with Crippen molar-refractivity contribution in [1.29, 1.82) is 0 Å². The summed E-state index contributed by atoms with van der Waals surface area (Å²) < 4.78 is 7.45. The minimum Gasteiger partial charge on any atom is -0.444 e. The van der Waals surface area contributed by atoms with E-state index in [0.29, 0.717) is 12.6 Å². The molecule has 124 valence electrons. The zero-order valence-corrected chi connectivity index (χ0v) is 14.1. The maximum absolute atomic E-state index is 12.2. The molecule has 1 saturated heterocycles. The van der Waals surface area contributed by atoms with Crippen LogP contribution in [0.1, 0.15) is 46.2 Å². The smallest absolute Gasteiger partial charge is 0.410 e. The maximum atomic E-state index is 12.2. The first kappa shape index (κ1) is 16.8. The number of nitrogens with zero attached hydrogens (tertiary/aromatic N) is 3. The molecule has 1 aliphatic rings. The summed E-state index contributed by atoms with van der Waals surface area (Å²) in [5.41, 5.74) is 0.738. The summed E-state index contributed by atoms with van der Waals surface area (Å²) in [7, 11) is 0. The van der Waals surface area contributed by atoms with Crippen LogP contribution < -0.4 is 5.32 Å². The van der Waals surface area contributed by atoms with Gasteiger partial charge in [-0.1, -0.05) is 0 Å². The fourth-order valence-corrected chi connectivity index (χ4v) is 2.68. The number of carbonyl (C=O) groups is 1. The topological polar surface area (TPSA) is 59.4 Å². The van der Waals surface area contributed by atoms with Gasteiger partial charge < -0.3 is 15.0 Å². The first-order valence-corrected chi connectivity index (χ1v) is 8.11. The van der Waals surface area contributed by atoms with Crippen molar-refractivity contribution in [2.45, 2.75) is 65.3 Å². The monoisotopic (exact) mass is 308 g/mol. The van der Waals surface area contributed by atoms with E-state index in [1.165, 1.54) is 5.69 Å². The van der Waals surface area contributed by atoms with Gasteiger partial charge in [0.25, 0.3) is 0 Å². The Morgan fingerprint density at radius 2 is 2.27 bits per heavy atom. The molecule has 2 rings (SSSR count). The molecule has 0 bridgehead atoms. The highest BCUT2D eigenvalue weighted by Gasteiger charge is 2.27. The van der Waals surface area contributed by atoms with Gasteiger partial charge in [-0.3, -0.25) is 4.68 Å². The molecule has 2 heterocycles. The van der Waals surface area contributed by atoms with Crippen LogP contribution in [-0.4, -0.2) is 45.5 Å². The SMILES string of the molecule is CCn1nccc1CNC1CCCN(C(=O)OC(C)(C)C)C1. The zero-order valence-electron chi connectivity index (χ0n) is 14.1. The number of carbonyl (C=O) groups excluding carboxylic acids is 1. The van der Waals surface area contributed by atoms with Gasteiger partial charge in [-0.2, -0.15) is 5.10 Å². The van der Waals surface area contributed by atoms with E-state index < -0.39 is 5.60 Å². The van der Waals surface area contributed by atoms with Gasteiger partial charge in [-0.05, 0) is 46.6 Å². The molecule has 6 nitrogen and oxygen atoms in total. The number of likely N-dealkylation sites (tertiary alicyclic amines) is 1. The lowest BCUT2D eigenvalue weighted by atomic mass is 10.1. The van der Waals surface area contributed by atoms with Crippen molar-refractivity contribution in [1.82, 2.24) is 20.0 Å². The lowest BCUT2D eigenvalue weighted by molar-refractivity contribution is 0.0187. The Balaban J connectivity index is 1.84. The van der Waals surface area contributed by atoms with Gasteiger partial charge in [0.2, 0.25) is 0 Å². The van der Waals surface area contributed by atoms with Crippen LogP contribution in [0.3, 0.4) is 0 Å². The normalized spacial score (nSPS) is 19.3. The molecule has 6 heteroatoms. The van der Waals surface area contributed by atoms with Gasteiger partial charge in [0, 0.05) is 38.4 Å². The fourth-order valence-electron chi connectivity index (χ4n) is 2.68. The summed E-state index contributed by atoms with van der Waals surface area (Å²) in [5, 5.41) is 7.81. The molecular formula is C16H28N4O2. The van der Waals surface area contributed by atoms with E-state index in [1.54, 1.807) is 0 Å². The average molecular weight is 308 g/mol. The number of aryl methyl sites for hydroxylation is 1. The van der Waals surface area contributed by atoms with Crippen LogP contribution in [0.4, 0.5) is 4.79 Å². The molecule has 1 fully saturated rings. The Hall–Kier alpha value is -1.56. The summed E-state index contributed by atoms with van der Waals surface area (Å²) >= 11 is 0. The number of hydrogen-bond donors (Lipinski definition) is 1. The van der Waals surface area contributed by atoms with Gasteiger partial charge in [0.05, 0.1) is 5.69 Å². The Labute approximate surface area is 132 Å². The van der Waals surface area contributed by atoms with E-state index in [1.807, 2.05) is 42.6 Å². The van der Waals surface area contributed by atoms with Crippen molar-refractivity contribution >= 4 is 6.09 Å². The summed E-state index contributed by atoms with van der Waals surface area (Å²) in [4.78, 5) is 14.0. The molecule has 0 aromatic carbocycles. The second-order valence-corrected chi connectivity index (χ2v) is 6.78. The van der Waals surface area contributed by atoms with Crippen LogP contribution in [0.2, 0.25) is 0 Å². The summed E-state index contributed by atoms with van der Waals surface area (Å²) in [5.74, 6) is 0. The minimum absolute atomic E-state index is 0.211. The largest absolute Gasteiger partial charge is 0.444 e. The molecule has 1 aromatic rings. The van der Waals surface area contributed by atoms with E-state index in [0.717, 1.165) is 32.5 Å². The molecule has 1 amide bonds. The number of piperidine rings is 1. The Kier molecular flexibility index (Phi) is 5.45. The van der Waals surface area contributed by atoms with Crippen molar-refractivity contribution in [3.05, 3.63) is 18.0 Å². The first-order valence-electron chi connectivity index (χ1n) is 8.11. The van der Waals surface area contributed by atoms with Gasteiger partial charge in [0.1, 0.15) is 5.60 Å². The van der Waals surface area contributed by atoms with E-state index in [4.69, 9.17) is 4.74 Å². The number of nitrogens with one attached hydrogen (secondary N) is 1. The molecule has 0 aliphatic carbocycles. The highest BCUT2D eigenvalue weighted by molar-refractivity contribution is 5.68. The van der Waals surface area contributed by atoms with Gasteiger partial charge in [0.15, 0.2) is 0 Å². The number of hydrogen-bond acceptors (Lipinski definition) is 4. The second kappa shape index (κ2) is 7.13. The predicted molar refractivity (Wildman–Crippen MR) is 85.6 cm³/mol. The number of ether oxygens (including phenoxy) is 1. The van der Waals surface area contributed by atoms with Gasteiger partial charge in [-0.15, -0.1) is 0 Å². The molecule has 0 spiro atoms. The van der Waals surface area contributed by atoms with E-state index in [9.17, 15) is 4.79 Å². The predicted octanol–water partition coefficient (Wildman–Crippen LogP) is 2.39. The number of amides is 1. The molecule has 1 atom stereocenters. The molecule has 1 aromatic heterocycles. The molecule has 0 saturated carbocycles. The van der Waals surface area contributed by atoms with Crippen LogP contribution in [0.15, 0.2) is 12.3 Å². The van der Waals surface area contributed by atoms with E-state index >= 15 is 0 Å². The molecule has 1 aliphatic heterocycles. The third-order valence-corrected chi connectivity index (χ3v) is 3.75. The first-order chi connectivity index (χ1) is 10.4. The van der Waals surface area contributed by atoms with Crippen molar-refractivity contribution < 1.29 is 9.53 Å². The lowest BCUT2D eigenvalue weighted by Crippen LogP contribution is -2.49. The zero-order chi connectivity index (χ0) is 16.2.